The lowest BCUT2D eigenvalue weighted by atomic mass is 9.78. The fourth-order valence-corrected chi connectivity index (χ4v) is 2.23. The average molecular weight is 222 g/mol. The lowest BCUT2D eigenvalue weighted by Gasteiger charge is -2.34. The van der Waals surface area contributed by atoms with Crippen LogP contribution in [0.1, 0.15) is 36.7 Å². The van der Waals surface area contributed by atoms with Crippen LogP contribution < -0.4 is 0 Å². The van der Waals surface area contributed by atoms with Gasteiger partial charge in [0.25, 0.3) is 0 Å². The van der Waals surface area contributed by atoms with Gasteiger partial charge in [0.2, 0.25) is 0 Å². The Hall–Kier alpha value is -1.16. The van der Waals surface area contributed by atoms with Gasteiger partial charge in [-0.3, -0.25) is 9.48 Å². The van der Waals surface area contributed by atoms with Gasteiger partial charge in [0, 0.05) is 26.3 Å². The van der Waals surface area contributed by atoms with Crippen LogP contribution in [-0.4, -0.2) is 28.3 Å². The van der Waals surface area contributed by atoms with Gasteiger partial charge in [-0.25, -0.2) is 0 Å². The molecule has 0 aromatic carbocycles. The highest BCUT2D eigenvalue weighted by molar-refractivity contribution is 5.94. The van der Waals surface area contributed by atoms with Crippen LogP contribution in [0, 0.1) is 5.92 Å². The molecule has 4 nitrogen and oxygen atoms in total. The van der Waals surface area contributed by atoms with Crippen molar-refractivity contribution in [2.75, 3.05) is 6.61 Å². The summed E-state index contributed by atoms with van der Waals surface area (Å²) in [6.45, 7) is 2.78. The maximum atomic E-state index is 11.9. The van der Waals surface area contributed by atoms with Crippen molar-refractivity contribution in [1.82, 2.24) is 9.78 Å². The van der Waals surface area contributed by atoms with Crippen molar-refractivity contribution in [3.05, 3.63) is 18.0 Å². The van der Waals surface area contributed by atoms with Gasteiger partial charge in [-0.2, -0.15) is 5.10 Å². The molecule has 1 heterocycles. The van der Waals surface area contributed by atoms with Crippen LogP contribution in [0.2, 0.25) is 0 Å². The molecule has 1 aliphatic carbocycles. The number of hydrogen-bond donors (Lipinski definition) is 0. The van der Waals surface area contributed by atoms with Crippen LogP contribution in [0.4, 0.5) is 0 Å². The summed E-state index contributed by atoms with van der Waals surface area (Å²) < 4.78 is 7.12. The Morgan fingerprint density at radius 2 is 2.38 bits per heavy atom. The van der Waals surface area contributed by atoms with E-state index < -0.39 is 0 Å². The first-order chi connectivity index (χ1) is 7.70. The quantitative estimate of drug-likeness (QED) is 0.714. The molecule has 16 heavy (non-hydrogen) atoms. The molecule has 0 radical (unpaired) electrons. The van der Waals surface area contributed by atoms with Crippen molar-refractivity contribution < 1.29 is 9.53 Å². The Balaban J connectivity index is 1.80. The summed E-state index contributed by atoms with van der Waals surface area (Å²) in [6.07, 6.45) is 4.73. The highest BCUT2D eigenvalue weighted by atomic mass is 16.5. The molecule has 0 atom stereocenters. The number of ether oxygens (including phenoxy) is 1. The zero-order valence-electron chi connectivity index (χ0n) is 9.85. The standard InChI is InChI=1S/C12H18N2O2/c1-3-16-10-6-9(7-10)8-12(15)11-4-5-13-14(11)2/h4-5,9-10H,3,6-8H2,1-2H3. The lowest BCUT2D eigenvalue weighted by molar-refractivity contribution is -0.0246. The van der Waals surface area contributed by atoms with E-state index in [4.69, 9.17) is 4.74 Å². The van der Waals surface area contributed by atoms with Gasteiger partial charge < -0.3 is 4.74 Å². The van der Waals surface area contributed by atoms with E-state index in [0.29, 0.717) is 24.1 Å². The summed E-state index contributed by atoms with van der Waals surface area (Å²) in [5.41, 5.74) is 0.708. The highest BCUT2D eigenvalue weighted by Gasteiger charge is 2.31. The van der Waals surface area contributed by atoms with Gasteiger partial charge in [-0.1, -0.05) is 0 Å². The minimum absolute atomic E-state index is 0.194. The van der Waals surface area contributed by atoms with Crippen LogP contribution in [0.5, 0.6) is 0 Å². The number of carbonyl (C=O) groups is 1. The third kappa shape index (κ3) is 2.32. The fourth-order valence-electron chi connectivity index (χ4n) is 2.23. The van der Waals surface area contributed by atoms with E-state index >= 15 is 0 Å². The monoisotopic (exact) mass is 222 g/mol. The number of hydrogen-bond acceptors (Lipinski definition) is 3. The first-order valence-corrected chi connectivity index (χ1v) is 5.83. The van der Waals surface area contributed by atoms with Gasteiger partial charge in [-0.05, 0) is 31.7 Å². The molecule has 1 aromatic rings. The van der Waals surface area contributed by atoms with Crippen LogP contribution in [-0.2, 0) is 11.8 Å². The molecule has 4 heteroatoms. The summed E-state index contributed by atoms with van der Waals surface area (Å²) in [7, 11) is 1.80. The van der Waals surface area contributed by atoms with E-state index in [1.807, 2.05) is 6.92 Å². The van der Waals surface area contributed by atoms with Gasteiger partial charge in [0.1, 0.15) is 5.69 Å². The first kappa shape index (κ1) is 11.3. The summed E-state index contributed by atoms with van der Waals surface area (Å²) >= 11 is 0. The molecule has 0 spiro atoms. The predicted octanol–water partition coefficient (Wildman–Crippen LogP) is 1.81. The van der Waals surface area contributed by atoms with E-state index in [1.165, 1.54) is 0 Å². The summed E-state index contributed by atoms with van der Waals surface area (Å²) in [6, 6.07) is 1.78. The minimum atomic E-state index is 0.194. The third-order valence-corrected chi connectivity index (χ3v) is 3.18. The first-order valence-electron chi connectivity index (χ1n) is 5.83. The van der Waals surface area contributed by atoms with Crippen molar-refractivity contribution in [2.45, 2.75) is 32.3 Å². The van der Waals surface area contributed by atoms with E-state index in [-0.39, 0.29) is 5.78 Å². The van der Waals surface area contributed by atoms with Crippen molar-refractivity contribution in [3.8, 4) is 0 Å². The van der Waals surface area contributed by atoms with E-state index in [2.05, 4.69) is 5.10 Å². The number of aryl methyl sites for hydroxylation is 1. The molecular weight excluding hydrogens is 204 g/mol. The Labute approximate surface area is 95.6 Å². The van der Waals surface area contributed by atoms with E-state index in [0.717, 1.165) is 19.4 Å². The fraction of sp³-hybridized carbons (Fsp3) is 0.667. The highest BCUT2D eigenvalue weighted by Crippen LogP contribution is 2.33. The maximum Gasteiger partial charge on any atom is 0.181 e. The molecule has 1 fully saturated rings. The summed E-state index contributed by atoms with van der Waals surface area (Å²) in [5, 5.41) is 4.00. The minimum Gasteiger partial charge on any atom is -0.378 e. The zero-order valence-corrected chi connectivity index (χ0v) is 9.85. The van der Waals surface area contributed by atoms with E-state index in [1.54, 1.807) is 24.0 Å². The average Bonchev–Trinajstić information content (AvgIpc) is 2.61. The van der Waals surface area contributed by atoms with Crippen molar-refractivity contribution in [1.29, 1.82) is 0 Å². The number of ketones is 1. The normalized spacial score (nSPS) is 24.1. The third-order valence-electron chi connectivity index (χ3n) is 3.18. The number of nitrogens with zero attached hydrogens (tertiary/aromatic N) is 2. The van der Waals surface area contributed by atoms with Crippen LogP contribution >= 0.6 is 0 Å². The SMILES string of the molecule is CCOC1CC(CC(=O)c2ccnn2C)C1. The van der Waals surface area contributed by atoms with Crippen LogP contribution in [0.15, 0.2) is 12.3 Å². The summed E-state index contributed by atoms with van der Waals surface area (Å²) in [5.74, 6) is 0.693. The predicted molar refractivity (Wildman–Crippen MR) is 60.3 cm³/mol. The number of rotatable bonds is 5. The molecule has 1 aromatic heterocycles. The van der Waals surface area contributed by atoms with Gasteiger partial charge in [0.05, 0.1) is 6.10 Å². The molecule has 0 aliphatic heterocycles. The Morgan fingerprint density at radius 3 is 2.94 bits per heavy atom. The second-order valence-electron chi connectivity index (χ2n) is 4.38. The van der Waals surface area contributed by atoms with Crippen LogP contribution in [0.25, 0.3) is 0 Å². The smallest absolute Gasteiger partial charge is 0.181 e. The van der Waals surface area contributed by atoms with Gasteiger partial charge in [-0.15, -0.1) is 0 Å². The topological polar surface area (TPSA) is 44.1 Å². The molecule has 0 N–H and O–H groups in total. The van der Waals surface area contributed by atoms with E-state index in [9.17, 15) is 4.79 Å². The molecular formula is C12H18N2O2. The van der Waals surface area contributed by atoms with Crippen molar-refractivity contribution in [2.24, 2.45) is 13.0 Å². The van der Waals surface area contributed by atoms with Crippen LogP contribution in [0.3, 0.4) is 0 Å². The molecule has 1 aliphatic rings. The lowest BCUT2D eigenvalue weighted by Crippen LogP contribution is -2.33. The second kappa shape index (κ2) is 4.78. The second-order valence-corrected chi connectivity index (χ2v) is 4.38. The van der Waals surface area contributed by atoms with Crippen molar-refractivity contribution in [3.63, 3.8) is 0 Å². The Kier molecular flexibility index (Phi) is 3.39. The Bertz CT molecular complexity index is 367. The molecule has 2 rings (SSSR count). The zero-order chi connectivity index (χ0) is 11.5. The van der Waals surface area contributed by atoms with Crippen molar-refractivity contribution >= 4 is 5.78 Å². The summed E-state index contributed by atoms with van der Waals surface area (Å²) in [4.78, 5) is 11.9. The largest absolute Gasteiger partial charge is 0.378 e. The van der Waals surface area contributed by atoms with Gasteiger partial charge in [0.15, 0.2) is 5.78 Å². The number of Topliss-reactive ketones (excluding diaryl/α,β-unsaturated/α-hetero) is 1. The molecule has 1 saturated carbocycles. The van der Waals surface area contributed by atoms with Gasteiger partial charge >= 0.3 is 0 Å². The maximum absolute atomic E-state index is 11.9. The molecule has 0 unspecified atom stereocenters. The molecule has 88 valence electrons. The molecule has 0 amide bonds. The number of carbonyl (C=O) groups excluding carboxylic acids is 1. The number of aromatic nitrogens is 2. The molecule has 0 saturated heterocycles. The molecule has 0 bridgehead atoms. The Morgan fingerprint density at radius 1 is 1.62 bits per heavy atom.